The molecule has 0 saturated heterocycles. The van der Waals surface area contributed by atoms with Gasteiger partial charge in [-0.15, -0.1) is 0 Å². The lowest BCUT2D eigenvalue weighted by Gasteiger charge is -2.29. The number of hydrogen-bond donors (Lipinski definition) is 2. The Kier molecular flexibility index (Phi) is 6.78. The summed E-state index contributed by atoms with van der Waals surface area (Å²) in [5, 5.41) is 8.08. The number of rotatable bonds is 5. The summed E-state index contributed by atoms with van der Waals surface area (Å²) in [5.41, 5.74) is 0.266. The highest BCUT2D eigenvalue weighted by Crippen LogP contribution is 2.28. The summed E-state index contributed by atoms with van der Waals surface area (Å²) in [6.07, 6.45) is 3.91. The van der Waals surface area contributed by atoms with Gasteiger partial charge in [0.2, 0.25) is 0 Å². The average Bonchev–Trinajstić information content (AvgIpc) is 2.69. The molecule has 1 saturated carbocycles. The zero-order valence-corrected chi connectivity index (χ0v) is 17.7. The first-order chi connectivity index (χ1) is 13.8. The predicted octanol–water partition coefficient (Wildman–Crippen LogP) is 4.90. The quantitative estimate of drug-likeness (QED) is 0.755. The van der Waals surface area contributed by atoms with E-state index in [1.54, 1.807) is 0 Å². The molecule has 29 heavy (non-hydrogen) atoms. The minimum atomic E-state index is -0.468. The van der Waals surface area contributed by atoms with E-state index in [0.29, 0.717) is 24.9 Å². The van der Waals surface area contributed by atoms with Crippen LogP contribution in [0.3, 0.4) is 0 Å². The van der Waals surface area contributed by atoms with E-state index >= 15 is 0 Å². The lowest BCUT2D eigenvalue weighted by atomic mass is 9.82. The van der Waals surface area contributed by atoms with Gasteiger partial charge < -0.3 is 15.4 Å². The number of alkyl carbamates (subject to hydrolysis) is 1. The maximum Gasteiger partial charge on any atom is 0.407 e. The van der Waals surface area contributed by atoms with Crippen molar-refractivity contribution >= 4 is 22.8 Å². The van der Waals surface area contributed by atoms with E-state index in [0.717, 1.165) is 42.0 Å². The van der Waals surface area contributed by atoms with Crippen LogP contribution in [0.25, 0.3) is 10.8 Å². The van der Waals surface area contributed by atoms with Gasteiger partial charge in [-0.2, -0.15) is 0 Å². The molecule has 2 amide bonds. The van der Waals surface area contributed by atoms with Gasteiger partial charge in [0.25, 0.3) is 5.91 Å². The number of carbonyl (C=O) groups excluding carboxylic acids is 2. The number of benzene rings is 2. The third kappa shape index (κ3) is 6.21. The van der Waals surface area contributed by atoms with E-state index in [2.05, 4.69) is 10.6 Å². The van der Waals surface area contributed by atoms with Gasteiger partial charge in [0.05, 0.1) is 0 Å². The topological polar surface area (TPSA) is 67.4 Å². The van der Waals surface area contributed by atoms with Crippen molar-refractivity contribution in [2.75, 3.05) is 13.1 Å². The molecule has 156 valence electrons. The van der Waals surface area contributed by atoms with Crippen LogP contribution in [-0.2, 0) is 4.74 Å². The Balaban J connectivity index is 1.42. The van der Waals surface area contributed by atoms with Crippen LogP contribution in [0, 0.1) is 11.8 Å². The number of amides is 2. The van der Waals surface area contributed by atoms with Gasteiger partial charge in [-0.05, 0) is 75.1 Å². The Morgan fingerprint density at radius 2 is 1.48 bits per heavy atom. The van der Waals surface area contributed by atoms with Crippen molar-refractivity contribution in [1.82, 2.24) is 10.6 Å². The highest BCUT2D eigenvalue weighted by atomic mass is 16.6. The number of carbonyl (C=O) groups is 2. The fourth-order valence-corrected chi connectivity index (χ4v) is 3.94. The summed E-state index contributed by atoms with van der Waals surface area (Å²) < 4.78 is 5.29. The van der Waals surface area contributed by atoms with Crippen molar-refractivity contribution in [2.24, 2.45) is 11.8 Å². The van der Waals surface area contributed by atoms with E-state index in [1.807, 2.05) is 63.2 Å². The largest absolute Gasteiger partial charge is 0.444 e. The van der Waals surface area contributed by atoms with Crippen LogP contribution in [0.15, 0.2) is 42.5 Å². The molecule has 0 spiro atoms. The van der Waals surface area contributed by atoms with E-state index in [9.17, 15) is 9.59 Å². The third-order valence-electron chi connectivity index (χ3n) is 5.49. The number of hydrogen-bond acceptors (Lipinski definition) is 3. The molecule has 0 atom stereocenters. The molecule has 0 aliphatic heterocycles. The van der Waals surface area contributed by atoms with Crippen LogP contribution in [0.5, 0.6) is 0 Å². The van der Waals surface area contributed by atoms with Crippen molar-refractivity contribution < 1.29 is 14.3 Å². The molecule has 0 aromatic heterocycles. The standard InChI is InChI=1S/C24H32N2O3/c1-24(2,3)29-23(28)26-16-18-13-11-17(12-14-18)15-25-22(27)21-10-6-8-19-7-4-5-9-20(19)21/h4-10,17-18H,11-16H2,1-3H3,(H,25,27)(H,26,28). The molecule has 0 heterocycles. The highest BCUT2D eigenvalue weighted by Gasteiger charge is 2.23. The van der Waals surface area contributed by atoms with Crippen LogP contribution in [0.4, 0.5) is 4.79 Å². The van der Waals surface area contributed by atoms with Gasteiger partial charge in [0.1, 0.15) is 5.60 Å². The van der Waals surface area contributed by atoms with Crippen LogP contribution in [-0.4, -0.2) is 30.7 Å². The Labute approximate surface area is 173 Å². The maximum absolute atomic E-state index is 12.7. The second-order valence-corrected chi connectivity index (χ2v) is 9.01. The van der Waals surface area contributed by atoms with Crippen LogP contribution in [0.1, 0.15) is 56.8 Å². The molecule has 2 N–H and O–H groups in total. The minimum Gasteiger partial charge on any atom is -0.444 e. The molecule has 0 unspecified atom stereocenters. The second-order valence-electron chi connectivity index (χ2n) is 9.01. The van der Waals surface area contributed by atoms with Gasteiger partial charge in [-0.3, -0.25) is 4.79 Å². The molecule has 2 aromatic rings. The average molecular weight is 397 g/mol. The first-order valence-electron chi connectivity index (χ1n) is 10.5. The van der Waals surface area contributed by atoms with Gasteiger partial charge in [-0.25, -0.2) is 4.79 Å². The number of nitrogens with one attached hydrogen (secondary N) is 2. The fraction of sp³-hybridized carbons (Fsp3) is 0.500. The van der Waals surface area contributed by atoms with Crippen LogP contribution < -0.4 is 10.6 Å². The Hall–Kier alpha value is -2.56. The van der Waals surface area contributed by atoms with Crippen molar-refractivity contribution in [3.05, 3.63) is 48.0 Å². The van der Waals surface area contributed by atoms with Crippen molar-refractivity contribution in [3.63, 3.8) is 0 Å². The number of fused-ring (bicyclic) bond motifs is 1. The van der Waals surface area contributed by atoms with Crippen LogP contribution >= 0.6 is 0 Å². The Morgan fingerprint density at radius 1 is 0.897 bits per heavy atom. The molecule has 3 rings (SSSR count). The summed E-state index contributed by atoms with van der Waals surface area (Å²) in [6, 6.07) is 13.8. The van der Waals surface area contributed by atoms with Gasteiger partial charge in [-0.1, -0.05) is 36.4 Å². The van der Waals surface area contributed by atoms with Crippen molar-refractivity contribution in [3.8, 4) is 0 Å². The summed E-state index contributed by atoms with van der Waals surface area (Å²) >= 11 is 0. The summed E-state index contributed by atoms with van der Waals surface area (Å²) in [7, 11) is 0. The fourth-order valence-electron chi connectivity index (χ4n) is 3.94. The minimum absolute atomic E-state index is 0.00415. The Morgan fingerprint density at radius 3 is 2.14 bits per heavy atom. The highest BCUT2D eigenvalue weighted by molar-refractivity contribution is 6.06. The molecule has 2 aromatic carbocycles. The zero-order chi connectivity index (χ0) is 20.9. The van der Waals surface area contributed by atoms with Gasteiger partial charge in [0.15, 0.2) is 0 Å². The normalized spacial score (nSPS) is 19.6. The molecule has 5 nitrogen and oxygen atoms in total. The summed E-state index contributed by atoms with van der Waals surface area (Å²) in [4.78, 5) is 24.5. The maximum atomic E-state index is 12.7. The summed E-state index contributed by atoms with van der Waals surface area (Å²) in [5.74, 6) is 0.967. The van der Waals surface area contributed by atoms with Crippen molar-refractivity contribution in [2.45, 2.75) is 52.1 Å². The van der Waals surface area contributed by atoms with Crippen LogP contribution in [0.2, 0.25) is 0 Å². The molecule has 0 radical (unpaired) electrons. The van der Waals surface area contributed by atoms with E-state index in [4.69, 9.17) is 4.74 Å². The Bertz CT molecular complexity index is 843. The lowest BCUT2D eigenvalue weighted by Crippen LogP contribution is -2.37. The second kappa shape index (κ2) is 9.29. The summed E-state index contributed by atoms with van der Waals surface area (Å²) in [6.45, 7) is 6.96. The van der Waals surface area contributed by atoms with E-state index in [-0.39, 0.29) is 12.0 Å². The molecular formula is C24H32N2O3. The lowest BCUT2D eigenvalue weighted by molar-refractivity contribution is 0.0512. The smallest absolute Gasteiger partial charge is 0.407 e. The molecule has 1 aliphatic carbocycles. The van der Waals surface area contributed by atoms with Crippen molar-refractivity contribution in [1.29, 1.82) is 0 Å². The SMILES string of the molecule is CC(C)(C)OC(=O)NCC1CCC(CNC(=O)c2cccc3ccccc23)CC1. The van der Waals surface area contributed by atoms with Gasteiger partial charge >= 0.3 is 6.09 Å². The zero-order valence-electron chi connectivity index (χ0n) is 17.7. The first kappa shape index (κ1) is 21.2. The predicted molar refractivity (Wildman–Crippen MR) is 116 cm³/mol. The van der Waals surface area contributed by atoms with E-state index < -0.39 is 5.60 Å². The molecule has 0 bridgehead atoms. The monoisotopic (exact) mass is 396 g/mol. The molecule has 5 heteroatoms. The molecule has 1 aliphatic rings. The third-order valence-corrected chi connectivity index (χ3v) is 5.49. The van der Waals surface area contributed by atoms with Gasteiger partial charge in [0, 0.05) is 18.7 Å². The molecule has 1 fully saturated rings. The molecular weight excluding hydrogens is 364 g/mol. The first-order valence-corrected chi connectivity index (χ1v) is 10.5. The number of ether oxygens (including phenoxy) is 1. The van der Waals surface area contributed by atoms with E-state index in [1.165, 1.54) is 0 Å².